The van der Waals surface area contributed by atoms with Crippen LogP contribution in [0.25, 0.3) is 0 Å². The summed E-state index contributed by atoms with van der Waals surface area (Å²) in [5.41, 5.74) is 3.73. The van der Waals surface area contributed by atoms with E-state index >= 15 is 0 Å². The third-order valence-electron chi connectivity index (χ3n) is 3.26. The van der Waals surface area contributed by atoms with Crippen molar-refractivity contribution < 1.29 is 9.53 Å². The molecule has 0 amide bonds. The van der Waals surface area contributed by atoms with Gasteiger partial charge in [0.25, 0.3) is 0 Å². The lowest BCUT2D eigenvalue weighted by molar-refractivity contribution is -0.110. The summed E-state index contributed by atoms with van der Waals surface area (Å²) in [4.78, 5) is 15.3. The van der Waals surface area contributed by atoms with Crippen LogP contribution in [0.2, 0.25) is 0 Å². The van der Waals surface area contributed by atoms with Crippen LogP contribution in [0.5, 0.6) is 5.75 Å². The molecule has 0 bridgehead atoms. The molecule has 0 saturated carbocycles. The van der Waals surface area contributed by atoms with Gasteiger partial charge in [0.2, 0.25) is 0 Å². The van der Waals surface area contributed by atoms with Crippen molar-refractivity contribution in [3.63, 3.8) is 0 Å². The number of rotatable bonds is 7. The maximum atomic E-state index is 12.0. The zero-order chi connectivity index (χ0) is 18.2. The minimum absolute atomic E-state index is 0.0768. The molecule has 0 aliphatic rings. The highest BCUT2D eigenvalue weighted by molar-refractivity contribution is 8.16. The number of carbonyl (C=O) groups is 1. The van der Waals surface area contributed by atoms with Crippen molar-refractivity contribution >= 4 is 51.8 Å². The van der Waals surface area contributed by atoms with E-state index in [1.165, 1.54) is 23.6 Å². The number of hydrogen-bond acceptors (Lipinski definition) is 7. The van der Waals surface area contributed by atoms with Crippen molar-refractivity contribution in [1.82, 2.24) is 0 Å². The van der Waals surface area contributed by atoms with Crippen LogP contribution in [0.4, 0.5) is 5.69 Å². The molecule has 1 N–H and O–H groups in total. The van der Waals surface area contributed by atoms with Gasteiger partial charge in [-0.2, -0.15) is 5.10 Å². The molecule has 0 radical (unpaired) electrons. The number of thioether (sulfide) groups is 3. The number of ketones is 1. The minimum Gasteiger partial charge on any atom is -0.497 e. The number of hydrogen-bond donors (Lipinski definition) is 1. The number of ether oxygens (including phenoxy) is 1. The summed E-state index contributed by atoms with van der Waals surface area (Å²) in [6.45, 7) is 1.52. The molecule has 0 aliphatic carbocycles. The smallest absolute Gasteiger partial charge is 0.186 e. The van der Waals surface area contributed by atoms with Gasteiger partial charge in [0.1, 0.15) is 5.75 Å². The van der Waals surface area contributed by atoms with Gasteiger partial charge in [-0.1, -0.05) is 11.8 Å². The second-order valence-electron chi connectivity index (χ2n) is 4.93. The molecule has 7 heteroatoms. The standard InChI is InChI=1S/C18H20N2O2S3/c1-12(21)18(20-19-13-5-7-14(22-2)8-6-13)25-16-10-9-15(23-3)11-17(16)24-4/h5-11,19H,1-4H3/b20-18+. The Morgan fingerprint density at radius 1 is 1.04 bits per heavy atom. The lowest BCUT2D eigenvalue weighted by Gasteiger charge is -2.10. The second kappa shape index (κ2) is 9.79. The molecule has 0 atom stereocenters. The first-order chi connectivity index (χ1) is 12.1. The van der Waals surface area contributed by atoms with E-state index in [0.29, 0.717) is 5.04 Å². The molecule has 0 aromatic heterocycles. The number of benzene rings is 2. The fraction of sp³-hybridized carbons (Fsp3) is 0.222. The number of methoxy groups -OCH3 is 1. The predicted molar refractivity (Wildman–Crippen MR) is 111 cm³/mol. The van der Waals surface area contributed by atoms with E-state index in [2.05, 4.69) is 22.7 Å². The maximum absolute atomic E-state index is 12.0. The summed E-state index contributed by atoms with van der Waals surface area (Å²) >= 11 is 4.74. The molecule has 0 heterocycles. The Balaban J connectivity index is 2.18. The minimum atomic E-state index is -0.0768. The van der Waals surface area contributed by atoms with Crippen molar-refractivity contribution in [2.75, 3.05) is 25.0 Å². The van der Waals surface area contributed by atoms with Gasteiger partial charge in [0.05, 0.1) is 12.8 Å². The van der Waals surface area contributed by atoms with Crippen LogP contribution >= 0.6 is 35.3 Å². The van der Waals surface area contributed by atoms with Crippen molar-refractivity contribution in [3.8, 4) is 5.75 Å². The van der Waals surface area contributed by atoms with Crippen LogP contribution in [-0.2, 0) is 4.79 Å². The van der Waals surface area contributed by atoms with Crippen LogP contribution in [0.1, 0.15) is 6.92 Å². The third kappa shape index (κ3) is 5.73. The van der Waals surface area contributed by atoms with Gasteiger partial charge < -0.3 is 4.74 Å². The van der Waals surface area contributed by atoms with Gasteiger partial charge in [-0.25, -0.2) is 0 Å². The molecule has 2 aromatic rings. The monoisotopic (exact) mass is 392 g/mol. The quantitative estimate of drug-likeness (QED) is 0.301. The Morgan fingerprint density at radius 2 is 1.76 bits per heavy atom. The highest BCUT2D eigenvalue weighted by atomic mass is 32.2. The van der Waals surface area contributed by atoms with E-state index in [1.807, 2.05) is 42.8 Å². The van der Waals surface area contributed by atoms with Gasteiger partial charge in [-0.3, -0.25) is 10.2 Å². The first-order valence-electron chi connectivity index (χ1n) is 7.46. The summed E-state index contributed by atoms with van der Waals surface area (Å²) in [5, 5.41) is 4.71. The molecular weight excluding hydrogens is 372 g/mol. The highest BCUT2D eigenvalue weighted by Crippen LogP contribution is 2.33. The predicted octanol–water partition coefficient (Wildman–Crippen LogP) is 5.25. The van der Waals surface area contributed by atoms with Gasteiger partial charge in [-0.15, -0.1) is 23.5 Å². The second-order valence-corrected chi connectivity index (χ2v) is 7.69. The Kier molecular flexibility index (Phi) is 7.74. The largest absolute Gasteiger partial charge is 0.497 e. The number of hydrazone groups is 1. The first kappa shape index (κ1) is 19.8. The van der Waals surface area contributed by atoms with Gasteiger partial charge >= 0.3 is 0 Å². The lowest BCUT2D eigenvalue weighted by Crippen LogP contribution is -2.08. The molecular formula is C18H20N2O2S3. The number of Topliss-reactive ketones (excluding diaryl/α,β-unsaturated/α-hetero) is 1. The molecule has 25 heavy (non-hydrogen) atoms. The molecule has 2 rings (SSSR count). The number of nitrogens with zero attached hydrogens (tertiary/aromatic N) is 1. The molecule has 0 aliphatic heterocycles. The molecule has 2 aromatic carbocycles. The average molecular weight is 393 g/mol. The van der Waals surface area contributed by atoms with Crippen LogP contribution < -0.4 is 10.2 Å². The van der Waals surface area contributed by atoms with Crippen molar-refractivity contribution in [2.24, 2.45) is 5.10 Å². The third-order valence-corrected chi connectivity index (χ3v) is 6.04. The van der Waals surface area contributed by atoms with E-state index < -0.39 is 0 Å². The van der Waals surface area contributed by atoms with E-state index in [0.717, 1.165) is 21.2 Å². The molecule has 0 spiro atoms. The number of carbonyl (C=O) groups excluding carboxylic acids is 1. The van der Waals surface area contributed by atoms with Crippen LogP contribution in [0.3, 0.4) is 0 Å². The topological polar surface area (TPSA) is 50.7 Å². The van der Waals surface area contributed by atoms with E-state index in [-0.39, 0.29) is 5.78 Å². The highest BCUT2D eigenvalue weighted by Gasteiger charge is 2.12. The Labute approximate surface area is 161 Å². The van der Waals surface area contributed by atoms with Gasteiger partial charge in [0, 0.05) is 21.6 Å². The summed E-state index contributed by atoms with van der Waals surface area (Å²) in [7, 11) is 1.62. The Morgan fingerprint density at radius 3 is 2.32 bits per heavy atom. The Bertz CT molecular complexity index is 761. The number of anilines is 1. The SMILES string of the molecule is COc1ccc(N/N=C(/Sc2ccc(SC)cc2SC)C(C)=O)cc1. The summed E-state index contributed by atoms with van der Waals surface area (Å²) in [5.74, 6) is 0.696. The zero-order valence-corrected chi connectivity index (χ0v) is 17.0. The summed E-state index contributed by atoms with van der Waals surface area (Å²) in [6, 6.07) is 13.6. The van der Waals surface area contributed by atoms with Crippen LogP contribution in [-0.4, -0.2) is 30.4 Å². The average Bonchev–Trinajstić information content (AvgIpc) is 2.65. The van der Waals surface area contributed by atoms with Crippen molar-refractivity contribution in [2.45, 2.75) is 21.6 Å². The molecule has 132 valence electrons. The van der Waals surface area contributed by atoms with E-state index in [4.69, 9.17) is 4.74 Å². The number of nitrogens with one attached hydrogen (secondary N) is 1. The lowest BCUT2D eigenvalue weighted by atomic mass is 10.3. The Hall–Kier alpha value is -1.57. The normalized spacial score (nSPS) is 11.3. The van der Waals surface area contributed by atoms with Gasteiger partial charge in [0.15, 0.2) is 10.8 Å². The molecule has 0 unspecified atom stereocenters. The zero-order valence-electron chi connectivity index (χ0n) is 14.5. The van der Waals surface area contributed by atoms with Crippen molar-refractivity contribution in [3.05, 3.63) is 42.5 Å². The van der Waals surface area contributed by atoms with E-state index in [1.54, 1.807) is 30.6 Å². The fourth-order valence-electron chi connectivity index (χ4n) is 1.92. The van der Waals surface area contributed by atoms with Crippen LogP contribution in [0.15, 0.2) is 62.3 Å². The fourth-order valence-corrected chi connectivity index (χ4v) is 4.06. The van der Waals surface area contributed by atoms with E-state index in [9.17, 15) is 4.79 Å². The maximum Gasteiger partial charge on any atom is 0.186 e. The van der Waals surface area contributed by atoms with Gasteiger partial charge in [-0.05, 0) is 55.0 Å². The first-order valence-corrected chi connectivity index (χ1v) is 10.7. The summed E-state index contributed by atoms with van der Waals surface area (Å²) in [6.07, 6.45) is 4.08. The summed E-state index contributed by atoms with van der Waals surface area (Å²) < 4.78 is 5.13. The molecule has 4 nitrogen and oxygen atoms in total. The molecule has 0 saturated heterocycles. The van der Waals surface area contributed by atoms with Crippen LogP contribution in [0, 0.1) is 0 Å². The van der Waals surface area contributed by atoms with Crippen molar-refractivity contribution in [1.29, 1.82) is 0 Å². The molecule has 0 fully saturated rings.